The van der Waals surface area contributed by atoms with E-state index < -0.39 is 8.32 Å². The van der Waals surface area contributed by atoms with Gasteiger partial charge in [-0.2, -0.15) is 5.26 Å². The van der Waals surface area contributed by atoms with Crippen LogP contribution in [-0.4, -0.2) is 18.9 Å². The van der Waals surface area contributed by atoms with E-state index in [4.69, 9.17) is 5.26 Å². The number of nitrogens with zero attached hydrogens (tertiary/aromatic N) is 1. The summed E-state index contributed by atoms with van der Waals surface area (Å²) in [6, 6.07) is 22.1. The molecule has 0 aromatic heterocycles. The molecule has 1 saturated carbocycles. The van der Waals surface area contributed by atoms with Crippen LogP contribution in [0.5, 0.6) is 0 Å². The standard InChI is InChI=1S/C23H27NO2Si/c1-23(2,17-18-15-19(16-18)22(25)13-14-24)27(26,20-9-5-3-6-10-20)21-11-7-4-8-12-21/h3-12,18-19,26H,13,15-17H2,1-2H3. The summed E-state index contributed by atoms with van der Waals surface area (Å²) in [7, 11) is -2.98. The molecule has 3 rings (SSSR count). The van der Waals surface area contributed by atoms with Gasteiger partial charge in [0.05, 0.1) is 12.5 Å². The molecule has 0 aliphatic heterocycles. The molecule has 0 atom stereocenters. The molecule has 0 saturated heterocycles. The molecule has 0 radical (unpaired) electrons. The lowest BCUT2D eigenvalue weighted by atomic mass is 9.69. The van der Waals surface area contributed by atoms with Gasteiger partial charge in [-0.15, -0.1) is 0 Å². The van der Waals surface area contributed by atoms with Crippen LogP contribution >= 0.6 is 0 Å². The van der Waals surface area contributed by atoms with Crippen molar-refractivity contribution in [2.45, 2.75) is 44.6 Å². The number of carbonyl (C=O) groups excluding carboxylic acids is 1. The zero-order chi connectivity index (χ0) is 19.5. The number of hydrogen-bond acceptors (Lipinski definition) is 3. The average Bonchev–Trinajstić information content (AvgIpc) is 2.65. The highest BCUT2D eigenvalue weighted by atomic mass is 28.4. The van der Waals surface area contributed by atoms with Gasteiger partial charge in [0.1, 0.15) is 5.78 Å². The van der Waals surface area contributed by atoms with Gasteiger partial charge in [-0.05, 0) is 40.6 Å². The molecule has 2 aromatic carbocycles. The molecule has 1 aliphatic rings. The fourth-order valence-corrected chi connectivity index (χ4v) is 8.39. The van der Waals surface area contributed by atoms with Crippen molar-refractivity contribution in [2.75, 3.05) is 0 Å². The average molecular weight is 378 g/mol. The second kappa shape index (κ2) is 7.80. The molecular formula is C23H27NO2Si. The van der Waals surface area contributed by atoms with E-state index in [1.54, 1.807) is 0 Å². The zero-order valence-electron chi connectivity index (χ0n) is 16.1. The molecule has 2 aromatic rings. The van der Waals surface area contributed by atoms with Gasteiger partial charge in [0.25, 0.3) is 8.32 Å². The Morgan fingerprint density at radius 3 is 2.00 bits per heavy atom. The first-order chi connectivity index (χ1) is 12.9. The van der Waals surface area contributed by atoms with E-state index in [9.17, 15) is 9.59 Å². The maximum atomic E-state index is 12.1. The lowest BCUT2D eigenvalue weighted by Gasteiger charge is -2.46. The van der Waals surface area contributed by atoms with Crippen molar-refractivity contribution in [3.8, 4) is 6.07 Å². The Balaban J connectivity index is 1.85. The first-order valence-electron chi connectivity index (χ1n) is 9.61. The predicted octanol–water partition coefficient (Wildman–Crippen LogP) is 3.42. The van der Waals surface area contributed by atoms with Crippen LogP contribution in [0.2, 0.25) is 5.04 Å². The lowest BCUT2D eigenvalue weighted by molar-refractivity contribution is -0.126. The highest BCUT2D eigenvalue weighted by Gasteiger charge is 2.52. The number of Topliss-reactive ketones (excluding diaryl/α,β-unsaturated/α-hetero) is 1. The summed E-state index contributed by atoms with van der Waals surface area (Å²) in [6.07, 6.45) is 2.60. The van der Waals surface area contributed by atoms with Gasteiger partial charge < -0.3 is 4.80 Å². The predicted molar refractivity (Wildman–Crippen MR) is 110 cm³/mol. The highest BCUT2D eigenvalue weighted by Crippen LogP contribution is 2.48. The van der Waals surface area contributed by atoms with Crippen molar-refractivity contribution in [2.24, 2.45) is 11.8 Å². The van der Waals surface area contributed by atoms with E-state index in [2.05, 4.69) is 13.8 Å². The summed E-state index contributed by atoms with van der Waals surface area (Å²) in [5, 5.41) is 10.5. The Hall–Kier alpha value is -2.22. The lowest BCUT2D eigenvalue weighted by Crippen LogP contribution is -2.65. The maximum Gasteiger partial charge on any atom is 0.258 e. The molecule has 3 nitrogen and oxygen atoms in total. The maximum absolute atomic E-state index is 12.1. The minimum absolute atomic E-state index is 0.0213. The fourth-order valence-electron chi connectivity index (χ4n) is 4.56. The fraction of sp³-hybridized carbons (Fsp3) is 0.391. The normalized spacial score (nSPS) is 19.8. The van der Waals surface area contributed by atoms with Crippen molar-refractivity contribution < 1.29 is 9.59 Å². The van der Waals surface area contributed by atoms with E-state index >= 15 is 0 Å². The first-order valence-corrected chi connectivity index (χ1v) is 11.6. The molecule has 1 N–H and O–H groups in total. The van der Waals surface area contributed by atoms with E-state index in [0.717, 1.165) is 29.6 Å². The van der Waals surface area contributed by atoms with Crippen LogP contribution in [0.3, 0.4) is 0 Å². The molecule has 1 aliphatic carbocycles. The largest absolute Gasteiger partial charge is 0.424 e. The van der Waals surface area contributed by atoms with Crippen molar-refractivity contribution in [3.63, 3.8) is 0 Å². The summed E-state index contributed by atoms with van der Waals surface area (Å²) in [4.78, 5) is 24.1. The molecule has 1 fully saturated rings. The number of nitriles is 1. The number of ketones is 1. The Labute approximate surface area is 162 Å². The minimum Gasteiger partial charge on any atom is -0.424 e. The van der Waals surface area contributed by atoms with Crippen LogP contribution in [0.25, 0.3) is 0 Å². The number of benzene rings is 2. The Morgan fingerprint density at radius 1 is 1.07 bits per heavy atom. The summed E-state index contributed by atoms with van der Waals surface area (Å²) >= 11 is 0. The molecule has 0 unspecified atom stereocenters. The molecule has 4 heteroatoms. The summed E-state index contributed by atoms with van der Waals surface area (Å²) < 4.78 is 0. The van der Waals surface area contributed by atoms with Gasteiger partial charge in [-0.25, -0.2) is 0 Å². The number of hydrogen-bond donors (Lipinski definition) is 1. The van der Waals surface area contributed by atoms with Crippen molar-refractivity contribution in [3.05, 3.63) is 60.7 Å². The molecule has 0 amide bonds. The van der Waals surface area contributed by atoms with Gasteiger partial charge in [0, 0.05) is 5.92 Å². The molecule has 0 spiro atoms. The monoisotopic (exact) mass is 377 g/mol. The van der Waals surface area contributed by atoms with Crippen LogP contribution < -0.4 is 10.4 Å². The third-order valence-corrected chi connectivity index (χ3v) is 10.6. The van der Waals surface area contributed by atoms with E-state index in [-0.39, 0.29) is 23.2 Å². The molecule has 0 heterocycles. The molecule has 140 valence electrons. The molecular weight excluding hydrogens is 350 g/mol. The Kier molecular flexibility index (Phi) is 5.64. The number of carbonyl (C=O) groups is 1. The Morgan fingerprint density at radius 2 is 1.56 bits per heavy atom. The van der Waals surface area contributed by atoms with Gasteiger partial charge in [0.2, 0.25) is 0 Å². The van der Waals surface area contributed by atoms with Crippen LogP contribution in [-0.2, 0) is 4.79 Å². The third-order valence-electron chi connectivity index (χ3n) is 6.11. The molecule has 0 bridgehead atoms. The van der Waals surface area contributed by atoms with Crippen molar-refractivity contribution in [1.82, 2.24) is 0 Å². The third kappa shape index (κ3) is 3.76. The van der Waals surface area contributed by atoms with Gasteiger partial charge in [-0.1, -0.05) is 74.5 Å². The SMILES string of the molecule is CC(C)(CC1CC(C(=O)CC#N)C1)[Si](O)(c1ccccc1)c1ccccc1. The van der Waals surface area contributed by atoms with Gasteiger partial charge in [0.15, 0.2) is 0 Å². The van der Waals surface area contributed by atoms with Gasteiger partial charge >= 0.3 is 0 Å². The first kappa shape index (κ1) is 19.5. The van der Waals surface area contributed by atoms with Crippen molar-refractivity contribution in [1.29, 1.82) is 5.26 Å². The van der Waals surface area contributed by atoms with Crippen LogP contribution in [0.4, 0.5) is 0 Å². The highest BCUT2D eigenvalue weighted by molar-refractivity contribution is 6.98. The second-order valence-corrected chi connectivity index (χ2v) is 12.3. The van der Waals surface area contributed by atoms with Crippen LogP contribution in [0.15, 0.2) is 60.7 Å². The summed E-state index contributed by atoms with van der Waals surface area (Å²) in [5.41, 5.74) is 0. The van der Waals surface area contributed by atoms with E-state index in [1.807, 2.05) is 66.7 Å². The van der Waals surface area contributed by atoms with E-state index in [1.165, 1.54) is 0 Å². The quantitative estimate of drug-likeness (QED) is 0.752. The van der Waals surface area contributed by atoms with E-state index in [0.29, 0.717) is 5.92 Å². The molecule has 27 heavy (non-hydrogen) atoms. The number of rotatable bonds is 7. The second-order valence-electron chi connectivity index (χ2n) is 8.37. The smallest absolute Gasteiger partial charge is 0.258 e. The Bertz CT molecular complexity index is 781. The van der Waals surface area contributed by atoms with Crippen LogP contribution in [0, 0.1) is 23.2 Å². The van der Waals surface area contributed by atoms with Crippen LogP contribution in [0.1, 0.15) is 39.5 Å². The zero-order valence-corrected chi connectivity index (χ0v) is 17.1. The van der Waals surface area contributed by atoms with Crippen molar-refractivity contribution >= 4 is 24.5 Å². The van der Waals surface area contributed by atoms with Gasteiger partial charge in [-0.3, -0.25) is 4.79 Å². The topological polar surface area (TPSA) is 61.1 Å². The summed E-state index contributed by atoms with van der Waals surface area (Å²) in [6.45, 7) is 4.34. The summed E-state index contributed by atoms with van der Waals surface area (Å²) in [5.74, 6) is 0.540. The minimum atomic E-state index is -2.98.